The minimum absolute atomic E-state index is 0.110. The molecule has 0 saturated carbocycles. The number of hydrogen-bond donors (Lipinski definition) is 1. The van der Waals surface area contributed by atoms with Gasteiger partial charge in [0.15, 0.2) is 5.79 Å². The summed E-state index contributed by atoms with van der Waals surface area (Å²) < 4.78 is 33.7. The van der Waals surface area contributed by atoms with Crippen molar-refractivity contribution in [1.82, 2.24) is 0 Å². The standard InChI is InChI=1S/C13H22O7/c1-12(2)19-7-13(20-12)11(17-5-8-4-16-8)10(15-3)9(14)6-18-13/h8-11,14H,4-7H2,1-3H3/t8?,9-,10-,11+,13+/m1/s1. The molecule has 3 saturated heterocycles. The molecular weight excluding hydrogens is 268 g/mol. The van der Waals surface area contributed by atoms with Gasteiger partial charge in [0.05, 0.1) is 19.8 Å². The van der Waals surface area contributed by atoms with Gasteiger partial charge in [0.2, 0.25) is 5.79 Å². The predicted molar refractivity (Wildman–Crippen MR) is 66.1 cm³/mol. The number of rotatable bonds is 4. The summed E-state index contributed by atoms with van der Waals surface area (Å²) in [5.41, 5.74) is 0. The highest BCUT2D eigenvalue weighted by Crippen LogP contribution is 2.40. The van der Waals surface area contributed by atoms with E-state index in [9.17, 15) is 5.11 Å². The molecule has 1 N–H and O–H groups in total. The number of hydrogen-bond acceptors (Lipinski definition) is 7. The first kappa shape index (κ1) is 14.6. The first-order chi connectivity index (χ1) is 9.46. The summed E-state index contributed by atoms with van der Waals surface area (Å²) >= 11 is 0. The monoisotopic (exact) mass is 290 g/mol. The van der Waals surface area contributed by atoms with Crippen LogP contribution in [0, 0.1) is 0 Å². The summed E-state index contributed by atoms with van der Waals surface area (Å²) in [6.07, 6.45) is -1.75. The second-order valence-electron chi connectivity index (χ2n) is 5.89. The molecule has 3 heterocycles. The van der Waals surface area contributed by atoms with Crippen LogP contribution < -0.4 is 0 Å². The number of aliphatic hydroxyl groups excluding tert-OH is 1. The van der Waals surface area contributed by atoms with Crippen molar-refractivity contribution in [1.29, 1.82) is 0 Å². The largest absolute Gasteiger partial charge is 0.388 e. The Labute approximate surface area is 118 Å². The lowest BCUT2D eigenvalue weighted by Crippen LogP contribution is -2.64. The van der Waals surface area contributed by atoms with Gasteiger partial charge in [-0.1, -0.05) is 0 Å². The molecule has 3 rings (SSSR count). The fraction of sp³-hybridized carbons (Fsp3) is 1.00. The van der Waals surface area contributed by atoms with Crippen LogP contribution in [0.4, 0.5) is 0 Å². The molecular formula is C13H22O7. The molecule has 3 aliphatic rings. The molecule has 7 heteroatoms. The summed E-state index contributed by atoms with van der Waals surface area (Å²) in [6.45, 7) is 5.12. The third-order valence-electron chi connectivity index (χ3n) is 3.79. The van der Waals surface area contributed by atoms with Gasteiger partial charge in [-0.05, 0) is 13.8 Å². The van der Waals surface area contributed by atoms with Crippen molar-refractivity contribution in [2.75, 3.05) is 33.5 Å². The molecule has 0 aromatic carbocycles. The van der Waals surface area contributed by atoms with Gasteiger partial charge in [-0.15, -0.1) is 0 Å². The van der Waals surface area contributed by atoms with Gasteiger partial charge in [0, 0.05) is 7.11 Å². The predicted octanol–water partition coefficient (Wildman–Crippen LogP) is -0.344. The maximum Gasteiger partial charge on any atom is 0.224 e. The van der Waals surface area contributed by atoms with E-state index in [2.05, 4.69) is 0 Å². The minimum atomic E-state index is -1.04. The third-order valence-corrected chi connectivity index (χ3v) is 3.79. The highest BCUT2D eigenvalue weighted by Gasteiger charge is 2.59. The van der Waals surface area contributed by atoms with Crippen LogP contribution in [0.5, 0.6) is 0 Å². The zero-order chi connectivity index (χ0) is 14.4. The Morgan fingerprint density at radius 1 is 1.25 bits per heavy atom. The van der Waals surface area contributed by atoms with Gasteiger partial charge < -0.3 is 33.5 Å². The van der Waals surface area contributed by atoms with Gasteiger partial charge >= 0.3 is 0 Å². The van der Waals surface area contributed by atoms with E-state index in [-0.39, 0.29) is 19.3 Å². The molecule has 5 atom stereocenters. The summed E-state index contributed by atoms with van der Waals surface area (Å²) in [4.78, 5) is 0. The van der Waals surface area contributed by atoms with Gasteiger partial charge in [-0.25, -0.2) is 0 Å². The van der Waals surface area contributed by atoms with E-state index in [1.165, 1.54) is 7.11 Å². The highest BCUT2D eigenvalue weighted by molar-refractivity contribution is 4.98. The summed E-state index contributed by atoms with van der Waals surface area (Å²) in [6, 6.07) is 0. The van der Waals surface area contributed by atoms with Crippen molar-refractivity contribution in [2.24, 2.45) is 0 Å². The fourth-order valence-corrected chi connectivity index (χ4v) is 2.69. The lowest BCUT2D eigenvalue weighted by Gasteiger charge is -2.45. The van der Waals surface area contributed by atoms with Crippen LogP contribution in [0.2, 0.25) is 0 Å². The van der Waals surface area contributed by atoms with E-state index in [4.69, 9.17) is 28.4 Å². The first-order valence-corrected chi connectivity index (χ1v) is 6.88. The van der Waals surface area contributed by atoms with E-state index < -0.39 is 29.9 Å². The highest BCUT2D eigenvalue weighted by atomic mass is 16.8. The summed E-state index contributed by atoms with van der Waals surface area (Å²) in [5, 5.41) is 10.0. The molecule has 7 nitrogen and oxygen atoms in total. The second kappa shape index (κ2) is 5.17. The molecule has 3 fully saturated rings. The van der Waals surface area contributed by atoms with E-state index in [0.717, 1.165) is 0 Å². The lowest BCUT2D eigenvalue weighted by molar-refractivity contribution is -0.348. The van der Waals surface area contributed by atoms with Crippen molar-refractivity contribution in [3.8, 4) is 0 Å². The molecule has 20 heavy (non-hydrogen) atoms. The molecule has 0 aromatic heterocycles. The van der Waals surface area contributed by atoms with Gasteiger partial charge in [-0.2, -0.15) is 0 Å². The first-order valence-electron chi connectivity index (χ1n) is 6.88. The number of epoxide rings is 1. The van der Waals surface area contributed by atoms with Crippen LogP contribution in [0.25, 0.3) is 0 Å². The molecule has 0 aromatic rings. The van der Waals surface area contributed by atoms with Gasteiger partial charge in [0.25, 0.3) is 0 Å². The molecule has 0 bridgehead atoms. The molecule has 3 aliphatic heterocycles. The van der Waals surface area contributed by atoms with Crippen LogP contribution in [-0.4, -0.2) is 74.6 Å². The Bertz CT molecular complexity index is 357. The Balaban J connectivity index is 1.78. The Hall–Kier alpha value is -0.280. The Morgan fingerprint density at radius 2 is 2.00 bits per heavy atom. The average Bonchev–Trinajstić information content (AvgIpc) is 3.16. The van der Waals surface area contributed by atoms with Gasteiger partial charge in [0.1, 0.15) is 31.0 Å². The molecule has 0 amide bonds. The number of methoxy groups -OCH3 is 1. The van der Waals surface area contributed by atoms with Crippen LogP contribution >= 0.6 is 0 Å². The van der Waals surface area contributed by atoms with Crippen LogP contribution in [-0.2, 0) is 28.4 Å². The smallest absolute Gasteiger partial charge is 0.224 e. The van der Waals surface area contributed by atoms with Crippen molar-refractivity contribution in [3.63, 3.8) is 0 Å². The zero-order valence-corrected chi connectivity index (χ0v) is 12.0. The summed E-state index contributed by atoms with van der Waals surface area (Å²) in [5.74, 6) is -1.80. The van der Waals surface area contributed by atoms with E-state index in [0.29, 0.717) is 13.2 Å². The zero-order valence-electron chi connectivity index (χ0n) is 12.0. The topological polar surface area (TPSA) is 78.9 Å². The Kier molecular flexibility index (Phi) is 3.79. The SMILES string of the molecule is CO[C@@H]1[C@H](O)CO[C@]2(COC(C)(C)O2)[C@H]1OCC1CO1. The fourth-order valence-electron chi connectivity index (χ4n) is 2.69. The third kappa shape index (κ3) is 2.71. The lowest BCUT2D eigenvalue weighted by atomic mass is 9.96. The number of ether oxygens (including phenoxy) is 6. The molecule has 1 unspecified atom stereocenters. The molecule has 0 aliphatic carbocycles. The minimum Gasteiger partial charge on any atom is -0.388 e. The van der Waals surface area contributed by atoms with Crippen LogP contribution in [0.3, 0.4) is 0 Å². The number of aliphatic hydroxyl groups is 1. The maximum atomic E-state index is 10.0. The molecule has 1 spiro atoms. The Morgan fingerprint density at radius 3 is 2.55 bits per heavy atom. The van der Waals surface area contributed by atoms with Crippen LogP contribution in [0.1, 0.15) is 13.8 Å². The quantitative estimate of drug-likeness (QED) is 0.709. The maximum absolute atomic E-state index is 10.0. The molecule has 0 radical (unpaired) electrons. The second-order valence-corrected chi connectivity index (χ2v) is 5.89. The van der Waals surface area contributed by atoms with Gasteiger partial charge in [-0.3, -0.25) is 0 Å². The average molecular weight is 290 g/mol. The van der Waals surface area contributed by atoms with E-state index in [1.807, 2.05) is 13.8 Å². The van der Waals surface area contributed by atoms with Crippen molar-refractivity contribution in [3.05, 3.63) is 0 Å². The normalized spacial score (nSPS) is 46.8. The summed E-state index contributed by atoms with van der Waals surface area (Å²) in [7, 11) is 1.54. The van der Waals surface area contributed by atoms with Crippen LogP contribution in [0.15, 0.2) is 0 Å². The van der Waals surface area contributed by atoms with Crippen molar-refractivity contribution in [2.45, 2.75) is 49.8 Å². The van der Waals surface area contributed by atoms with E-state index >= 15 is 0 Å². The van der Waals surface area contributed by atoms with E-state index in [1.54, 1.807) is 0 Å². The van der Waals surface area contributed by atoms with Crippen molar-refractivity contribution < 1.29 is 33.5 Å². The van der Waals surface area contributed by atoms with Crippen molar-refractivity contribution >= 4 is 0 Å². The molecule has 116 valence electrons.